The average Bonchev–Trinajstić information content (AvgIpc) is 1.81. The van der Waals surface area contributed by atoms with Gasteiger partial charge >= 0.3 is 6.18 Å². The van der Waals surface area contributed by atoms with E-state index in [4.69, 9.17) is 0 Å². The summed E-state index contributed by atoms with van der Waals surface area (Å²) in [6, 6.07) is 0. The van der Waals surface area contributed by atoms with E-state index in [2.05, 4.69) is 8.37 Å². The van der Waals surface area contributed by atoms with Gasteiger partial charge in [-0.05, 0) is 0 Å². The van der Waals surface area contributed by atoms with Crippen LogP contribution in [0.5, 0.6) is 0 Å². The van der Waals surface area contributed by atoms with E-state index < -0.39 is 41.8 Å². The van der Waals surface area contributed by atoms with Gasteiger partial charge in [-0.25, -0.2) is 16.8 Å². The van der Waals surface area contributed by atoms with Crippen LogP contribution < -0.4 is 0 Å². The van der Waals surface area contributed by atoms with Crippen molar-refractivity contribution >= 4 is 22.9 Å². The molecule has 0 aliphatic rings. The van der Waals surface area contributed by atoms with Crippen molar-refractivity contribution in [1.82, 2.24) is 0 Å². The first kappa shape index (κ1) is 12.8. The van der Waals surface area contributed by atoms with Gasteiger partial charge in [-0.2, -0.15) is 13.2 Å². The van der Waals surface area contributed by atoms with Crippen LogP contribution in [0.4, 0.5) is 13.2 Å². The highest BCUT2D eigenvalue weighted by molar-refractivity contribution is 7.67. The molecule has 0 heterocycles. The number of rotatable bonds is 5. The highest BCUT2D eigenvalue weighted by atomic mass is 32.2. The van der Waals surface area contributed by atoms with E-state index in [1.165, 1.54) is 0 Å². The van der Waals surface area contributed by atoms with Crippen LogP contribution in [0.2, 0.25) is 0 Å². The third kappa shape index (κ3) is 8.15. The molecule has 0 spiro atoms. The van der Waals surface area contributed by atoms with Gasteiger partial charge in [-0.1, -0.05) is 0 Å². The molecule has 0 radical (unpaired) electrons. The van der Waals surface area contributed by atoms with E-state index in [1.807, 2.05) is 0 Å². The maximum absolute atomic E-state index is 11.6. The van der Waals surface area contributed by atoms with Crippen LogP contribution in [0.1, 0.15) is 6.42 Å². The lowest BCUT2D eigenvalue weighted by molar-refractivity contribution is -0.172. The Morgan fingerprint density at radius 1 is 1.38 bits per heavy atom. The summed E-state index contributed by atoms with van der Waals surface area (Å²) in [6.45, 7) is 0. The number of hydrogen-bond donors (Lipinski definition) is 2. The van der Waals surface area contributed by atoms with Gasteiger partial charge in [-0.3, -0.25) is 4.18 Å². The van der Waals surface area contributed by atoms with Crippen molar-refractivity contribution in [3.05, 3.63) is 0 Å². The zero-order chi connectivity index (χ0) is 10.5. The Balaban J connectivity index is 4.16. The Morgan fingerprint density at radius 2 is 1.92 bits per heavy atom. The fraction of sp³-hybridized carbons (Fsp3) is 1.00. The highest BCUT2D eigenvalue weighted by Crippen LogP contribution is 2.23. The fourth-order valence-electron chi connectivity index (χ4n) is 0.427. The zero-order valence-corrected chi connectivity index (χ0v) is 7.64. The second-order valence-corrected chi connectivity index (χ2v) is 2.78. The summed E-state index contributed by atoms with van der Waals surface area (Å²) in [5, 5.41) is 0. The van der Waals surface area contributed by atoms with E-state index in [9.17, 15) is 25.8 Å². The molecule has 0 N–H and O–H groups in total. The highest BCUT2D eigenvalue weighted by Gasteiger charge is 2.33. The lowest BCUT2D eigenvalue weighted by Gasteiger charge is -2.12. The summed E-state index contributed by atoms with van der Waals surface area (Å²) in [5.41, 5.74) is 0. The SMILES string of the molecule is O=[SH]OC(CC(F)(F)F)O[SH](=O)=O. The van der Waals surface area contributed by atoms with E-state index in [0.717, 1.165) is 0 Å². The smallest absolute Gasteiger partial charge is 0.259 e. The molecule has 0 aliphatic carbocycles. The first-order valence-electron chi connectivity index (χ1n) is 2.71. The number of hydrogen-bond acceptors (Lipinski definition) is 5. The minimum Gasteiger partial charge on any atom is -0.259 e. The third-order valence-electron chi connectivity index (χ3n) is 0.762. The van der Waals surface area contributed by atoms with Gasteiger partial charge in [0.1, 0.15) is 11.9 Å². The topological polar surface area (TPSA) is 69.7 Å². The summed E-state index contributed by atoms with van der Waals surface area (Å²) in [7, 11) is -3.47. The molecular formula is C3H5F3O5S2. The zero-order valence-electron chi connectivity index (χ0n) is 5.85. The number of alkyl halides is 3. The largest absolute Gasteiger partial charge is 0.394 e. The predicted molar refractivity (Wildman–Crippen MR) is 36.5 cm³/mol. The molecule has 0 fully saturated rings. The van der Waals surface area contributed by atoms with E-state index in [1.54, 1.807) is 0 Å². The predicted octanol–water partition coefficient (Wildman–Crippen LogP) is -0.315. The van der Waals surface area contributed by atoms with E-state index in [0.29, 0.717) is 0 Å². The van der Waals surface area contributed by atoms with Crippen LogP contribution in [-0.4, -0.2) is 25.1 Å². The molecule has 0 amide bonds. The lowest BCUT2D eigenvalue weighted by Crippen LogP contribution is -2.23. The molecule has 10 heteroatoms. The lowest BCUT2D eigenvalue weighted by atomic mass is 10.4. The number of halogens is 3. The van der Waals surface area contributed by atoms with Crippen LogP contribution in [-0.2, 0) is 31.3 Å². The minimum atomic E-state index is -4.65. The van der Waals surface area contributed by atoms with Crippen molar-refractivity contribution in [1.29, 1.82) is 0 Å². The molecule has 0 aromatic rings. The molecule has 1 unspecified atom stereocenters. The molecule has 0 saturated carbocycles. The first-order valence-corrected chi connectivity index (χ1v) is 4.54. The molecule has 5 nitrogen and oxygen atoms in total. The monoisotopic (exact) mass is 242 g/mol. The van der Waals surface area contributed by atoms with Crippen molar-refractivity contribution in [2.24, 2.45) is 0 Å². The van der Waals surface area contributed by atoms with Crippen molar-refractivity contribution in [3.8, 4) is 0 Å². The van der Waals surface area contributed by atoms with E-state index >= 15 is 0 Å². The summed E-state index contributed by atoms with van der Waals surface area (Å²) >= 11 is -1.08. The molecule has 0 aliphatic heterocycles. The first-order chi connectivity index (χ1) is 5.85. The maximum Gasteiger partial charge on any atom is 0.394 e. The van der Waals surface area contributed by atoms with E-state index in [-0.39, 0.29) is 0 Å². The molecule has 1 atom stereocenters. The summed E-state index contributed by atoms with van der Waals surface area (Å²) in [6.07, 6.45) is -8.40. The van der Waals surface area contributed by atoms with Crippen LogP contribution in [0.25, 0.3) is 0 Å². The Kier molecular flexibility index (Phi) is 5.44. The van der Waals surface area contributed by atoms with Crippen molar-refractivity contribution in [2.45, 2.75) is 18.9 Å². The quantitative estimate of drug-likeness (QED) is 0.511. The van der Waals surface area contributed by atoms with Gasteiger partial charge in [0.05, 0.1) is 6.42 Å². The molecule has 0 rings (SSSR count). The number of thiol groups is 2. The standard InChI is InChI=1S/C3H5F3O5S2/c4-3(5,6)1-2(10-12-7)11-13(8)9/h2,12-13H,1H2. The van der Waals surface area contributed by atoms with Crippen LogP contribution in [0, 0.1) is 0 Å². The van der Waals surface area contributed by atoms with Gasteiger partial charge in [0.15, 0.2) is 6.29 Å². The maximum atomic E-state index is 11.6. The van der Waals surface area contributed by atoms with Gasteiger partial charge in [0.25, 0.3) is 11.0 Å². The van der Waals surface area contributed by atoms with Crippen LogP contribution in [0.15, 0.2) is 0 Å². The summed E-state index contributed by atoms with van der Waals surface area (Å²) < 4.78 is 71.7. The molecular weight excluding hydrogens is 237 g/mol. The van der Waals surface area contributed by atoms with Gasteiger partial charge < -0.3 is 0 Å². The average molecular weight is 242 g/mol. The molecule has 0 bridgehead atoms. The molecule has 0 aromatic heterocycles. The van der Waals surface area contributed by atoms with Gasteiger partial charge in [0.2, 0.25) is 0 Å². The third-order valence-corrected chi connectivity index (χ3v) is 1.49. The van der Waals surface area contributed by atoms with Crippen LogP contribution in [0.3, 0.4) is 0 Å². The normalized spacial score (nSPS) is 14.8. The van der Waals surface area contributed by atoms with Crippen molar-refractivity contribution in [2.75, 3.05) is 0 Å². The van der Waals surface area contributed by atoms with Crippen molar-refractivity contribution in [3.63, 3.8) is 0 Å². The molecule has 80 valence electrons. The second kappa shape index (κ2) is 5.52. The van der Waals surface area contributed by atoms with Gasteiger partial charge in [0, 0.05) is 0 Å². The molecule has 0 aromatic carbocycles. The Morgan fingerprint density at radius 3 is 2.23 bits per heavy atom. The Hall–Kier alpha value is -0.190. The Bertz CT molecular complexity index is 228. The second-order valence-electron chi connectivity index (χ2n) is 1.76. The van der Waals surface area contributed by atoms with Crippen LogP contribution >= 0.6 is 0 Å². The summed E-state index contributed by atoms with van der Waals surface area (Å²) in [4.78, 5) is 0. The molecule has 13 heavy (non-hydrogen) atoms. The Labute approximate surface area is 76.7 Å². The van der Waals surface area contributed by atoms with Crippen molar-refractivity contribution < 1.29 is 34.2 Å². The van der Waals surface area contributed by atoms with Gasteiger partial charge in [-0.15, -0.1) is 0 Å². The minimum absolute atomic E-state index is 1.08. The fourth-order valence-corrected chi connectivity index (χ4v) is 1.02. The summed E-state index contributed by atoms with van der Waals surface area (Å²) in [5.74, 6) is 0. The molecule has 0 saturated heterocycles.